The molecule has 63 heavy (non-hydrogen) atoms. The summed E-state index contributed by atoms with van der Waals surface area (Å²) in [5.74, 6) is -12.0. The van der Waals surface area contributed by atoms with E-state index in [1.165, 1.54) is 24.3 Å². The quantitative estimate of drug-likeness (QED) is 0.0882. The number of nitrogens with zero attached hydrogens (tertiary/aromatic N) is 4. The molecule has 5 rings (SSSR count). The van der Waals surface area contributed by atoms with Crippen LogP contribution in [0.5, 0.6) is 0 Å². The molecule has 3 aliphatic heterocycles. The number of rotatable bonds is 20. The first-order valence-electron chi connectivity index (χ1n) is 19.7. The van der Waals surface area contributed by atoms with Crippen molar-refractivity contribution in [2.24, 2.45) is 22.7 Å². The van der Waals surface area contributed by atoms with Gasteiger partial charge in [-0.05, 0) is 53.9 Å². The van der Waals surface area contributed by atoms with Crippen molar-refractivity contribution in [3.8, 4) is 0 Å². The molecule has 8 N–H and O–H groups in total. The first-order chi connectivity index (χ1) is 29.0. The summed E-state index contributed by atoms with van der Waals surface area (Å²) >= 11 is 0. The second-order valence-corrected chi connectivity index (χ2v) is 16.3. The summed E-state index contributed by atoms with van der Waals surface area (Å²) < 4.78 is 0. The van der Waals surface area contributed by atoms with Crippen LogP contribution in [0.4, 0.5) is 0 Å². The van der Waals surface area contributed by atoms with Gasteiger partial charge < -0.3 is 61.5 Å². The van der Waals surface area contributed by atoms with E-state index in [-0.39, 0.29) is 98.5 Å². The third kappa shape index (κ3) is 11.3. The van der Waals surface area contributed by atoms with Gasteiger partial charge in [-0.3, -0.25) is 38.4 Å². The Morgan fingerprint density at radius 1 is 0.571 bits per heavy atom. The molecule has 21 heteroatoms. The van der Waals surface area contributed by atoms with Gasteiger partial charge in [-0.15, -0.1) is 46.3 Å². The van der Waals surface area contributed by atoms with E-state index < -0.39 is 134 Å². The molecule has 0 aliphatic carbocycles. The molecule has 2 aromatic heterocycles. The number of carboxylic acid groups (broad SMARTS) is 8. The van der Waals surface area contributed by atoms with Gasteiger partial charge >= 0.3 is 64.8 Å². The van der Waals surface area contributed by atoms with Crippen LogP contribution in [0.15, 0.2) is 17.5 Å². The molecule has 2 saturated heterocycles. The molecule has 3 aliphatic rings. The summed E-state index contributed by atoms with van der Waals surface area (Å²) in [5.41, 5.74) is -2.29. The van der Waals surface area contributed by atoms with E-state index in [9.17, 15) is 79.2 Å². The van der Waals surface area contributed by atoms with Gasteiger partial charge in [-0.25, -0.2) is 0 Å². The molecule has 8 bridgehead atoms. The van der Waals surface area contributed by atoms with Gasteiger partial charge in [0.05, 0.1) is 19.3 Å². The second-order valence-electron chi connectivity index (χ2n) is 16.3. The summed E-state index contributed by atoms with van der Waals surface area (Å²) in [5, 5.41) is 89.5. The van der Waals surface area contributed by atoms with Crippen LogP contribution in [-0.2, 0) is 81.1 Å². The topological polar surface area (TPSA) is 355 Å². The number of aromatic nitrogens is 2. The van der Waals surface area contributed by atoms with Crippen molar-refractivity contribution >= 4 is 66.0 Å². The fraction of sp³-hybridized carbons (Fsp3) is 0.476. The van der Waals surface area contributed by atoms with E-state index in [0.29, 0.717) is 0 Å². The zero-order valence-electron chi connectivity index (χ0n) is 34.1. The Balaban J connectivity index is 0.00000871. The van der Waals surface area contributed by atoms with Gasteiger partial charge in [0.2, 0.25) is 0 Å². The Morgan fingerprint density at radius 3 is 1.67 bits per heavy atom. The molecule has 0 aromatic carbocycles. The molecular formula is C42H46FeN4O16. The maximum Gasteiger partial charge on any atom is 4.00 e. The van der Waals surface area contributed by atoms with E-state index in [2.05, 4.69) is 0 Å². The Hall–Kier alpha value is -6.18. The standard InChI is InChI=1S/C42H46N4O16.Fe/c1-41(17-39(59)60)23(5-9-35(51)52)29-14-27-21(11-37(55)56)19(3-7-33(47)48)25(43-27)13-26-20(4-8-34(49)50)22(12-38(57)58)28(44-26)15-31-42(2,18-40(61)62)24(6-10-36(53)54)30(46-31)16-32(41)45-29;/h13-16,23-24,30-31H,3-12,17-18H2,1-2H3,(H,47,48)(H,49,50)(H,51,52)(H,53,54)(H,55,56)(H,57,58)(H,59,60)(H,61,62);/q-4;+4/b26-13-,28-15-,29-14-,32-16-;/t23-,24-,30?,31?,41+,42+;/m1./s1. The minimum Gasteiger partial charge on any atom is -0.664 e. The fourth-order valence-corrected chi connectivity index (χ4v) is 9.22. The molecule has 2 unspecified atom stereocenters. The summed E-state index contributed by atoms with van der Waals surface area (Å²) in [4.78, 5) is 107. The van der Waals surface area contributed by atoms with Crippen molar-refractivity contribution in [2.75, 3.05) is 0 Å². The minimum atomic E-state index is -1.48. The van der Waals surface area contributed by atoms with Gasteiger partial charge in [0.15, 0.2) is 0 Å². The monoisotopic (exact) mass is 918 g/mol. The summed E-state index contributed by atoms with van der Waals surface area (Å²) in [6, 6.07) is -2.18. The van der Waals surface area contributed by atoms with E-state index in [4.69, 9.17) is 20.6 Å². The van der Waals surface area contributed by atoms with E-state index >= 15 is 0 Å². The summed E-state index contributed by atoms with van der Waals surface area (Å²) in [7, 11) is 0. The Labute approximate surface area is 369 Å². The average molecular weight is 919 g/mol. The Kier molecular flexibility index (Phi) is 15.6. The van der Waals surface area contributed by atoms with Crippen LogP contribution < -0.4 is 20.7 Å². The van der Waals surface area contributed by atoms with Crippen LogP contribution in [0.2, 0.25) is 0 Å². The van der Waals surface area contributed by atoms with Crippen LogP contribution in [0.25, 0.3) is 28.9 Å². The van der Waals surface area contributed by atoms with E-state index in [0.717, 1.165) is 0 Å². The van der Waals surface area contributed by atoms with Crippen LogP contribution in [0.3, 0.4) is 0 Å². The molecule has 0 saturated carbocycles. The molecule has 2 aromatic rings. The number of hydrogen-bond acceptors (Lipinski definition) is 8. The molecule has 338 valence electrons. The minimum absolute atomic E-state index is 0. The number of aliphatic carboxylic acids is 8. The van der Waals surface area contributed by atoms with Crippen LogP contribution >= 0.6 is 0 Å². The molecular weight excluding hydrogens is 872 g/mol. The number of hydrogen-bond donors (Lipinski definition) is 8. The first-order valence-corrected chi connectivity index (χ1v) is 19.7. The van der Waals surface area contributed by atoms with Crippen molar-refractivity contribution in [1.82, 2.24) is 9.97 Å². The number of allylic oxidation sites excluding steroid dienone is 2. The van der Waals surface area contributed by atoms with Crippen LogP contribution in [-0.4, -0.2) is 101 Å². The molecule has 5 heterocycles. The van der Waals surface area contributed by atoms with Crippen LogP contribution in [0.1, 0.15) is 98.9 Å². The Morgan fingerprint density at radius 2 is 1.11 bits per heavy atom. The number of carboxylic acids is 8. The van der Waals surface area contributed by atoms with Crippen molar-refractivity contribution in [1.29, 1.82) is 0 Å². The van der Waals surface area contributed by atoms with Gasteiger partial charge in [0.25, 0.3) is 0 Å². The third-order valence-electron chi connectivity index (χ3n) is 12.1. The molecule has 6 atom stereocenters. The molecule has 0 amide bonds. The Bertz CT molecular complexity index is 2400. The largest absolute Gasteiger partial charge is 4.00 e. The predicted molar refractivity (Wildman–Crippen MR) is 213 cm³/mol. The smallest absolute Gasteiger partial charge is 0.664 e. The van der Waals surface area contributed by atoms with Crippen molar-refractivity contribution in [3.63, 3.8) is 0 Å². The van der Waals surface area contributed by atoms with Crippen molar-refractivity contribution < 1.29 is 96.3 Å². The van der Waals surface area contributed by atoms with Gasteiger partial charge in [-0.2, -0.15) is 11.4 Å². The van der Waals surface area contributed by atoms with Crippen molar-refractivity contribution in [2.45, 2.75) is 103 Å². The molecule has 0 radical (unpaired) electrons. The van der Waals surface area contributed by atoms with Crippen molar-refractivity contribution in [3.05, 3.63) is 72.4 Å². The normalized spacial score (nSPS) is 26.2. The maximum atomic E-state index is 12.6. The molecule has 0 spiro atoms. The first kappa shape index (κ1) is 49.5. The zero-order valence-corrected chi connectivity index (χ0v) is 35.2. The maximum absolute atomic E-state index is 12.6. The SMILES string of the molecule is C[C@@]1(CC(=O)O)/C2=C/C3[N-]C(/C=c4\[n-]/c(c(CCC(=O)O)c4CC(=O)O)=C\c4[n-]c(c(CC(=O)O)c4CCC(=O)O)/C=C(\[N-]2)[C@H]1CCC(=O)O)[C@@](C)(CC(=O)O)[C@@H]3CCC(=O)O.[Fe+4]. The summed E-state index contributed by atoms with van der Waals surface area (Å²) in [6.07, 6.45) is 0.438. The molecule has 20 nitrogen and oxygen atoms in total. The second kappa shape index (κ2) is 19.9. The number of carbonyl (C=O) groups is 8. The van der Waals surface area contributed by atoms with Gasteiger partial charge in [-0.1, -0.05) is 42.7 Å². The fourth-order valence-electron chi connectivity index (χ4n) is 9.22. The zero-order chi connectivity index (χ0) is 45.8. The van der Waals surface area contributed by atoms with Gasteiger partial charge in [0.1, 0.15) is 0 Å². The molecule has 2 fully saturated rings. The van der Waals surface area contributed by atoms with E-state index in [1.54, 1.807) is 13.8 Å². The van der Waals surface area contributed by atoms with Gasteiger partial charge in [0, 0.05) is 32.1 Å². The average Bonchev–Trinajstić information content (AvgIpc) is 3.77. The van der Waals surface area contributed by atoms with Crippen LogP contribution in [0, 0.1) is 22.7 Å². The van der Waals surface area contributed by atoms with E-state index in [1.807, 2.05) is 0 Å². The number of fused-ring (bicyclic) bond motifs is 8. The summed E-state index contributed by atoms with van der Waals surface area (Å²) in [6.45, 7) is 3.14. The predicted octanol–water partition coefficient (Wildman–Crippen LogP) is 2.17. The third-order valence-corrected chi connectivity index (χ3v) is 12.1.